The number of anilines is 1. The molecule has 0 radical (unpaired) electrons. The van der Waals surface area contributed by atoms with Gasteiger partial charge in [-0.2, -0.15) is 0 Å². The zero-order valence-electron chi connectivity index (χ0n) is 13.0. The maximum atomic E-state index is 12.3. The molecule has 0 bridgehead atoms. The Morgan fingerprint density at radius 3 is 2.92 bits per heavy atom. The van der Waals surface area contributed by atoms with Crippen LogP contribution < -0.4 is 16.6 Å². The molecule has 124 valence electrons. The van der Waals surface area contributed by atoms with Gasteiger partial charge in [-0.15, -0.1) is 0 Å². The van der Waals surface area contributed by atoms with E-state index >= 15 is 0 Å². The Bertz CT molecular complexity index is 878. The molecule has 2 aromatic rings. The second-order valence-electron chi connectivity index (χ2n) is 5.52. The fourth-order valence-electron chi connectivity index (χ4n) is 2.64. The number of thioether (sulfide) groups is 1. The van der Waals surface area contributed by atoms with E-state index in [0.29, 0.717) is 22.3 Å². The van der Waals surface area contributed by atoms with Crippen LogP contribution in [-0.4, -0.2) is 27.1 Å². The molecule has 1 atom stereocenters. The lowest BCUT2D eigenvalue weighted by Gasteiger charge is -2.14. The van der Waals surface area contributed by atoms with Crippen LogP contribution in [0, 0.1) is 6.92 Å². The van der Waals surface area contributed by atoms with Gasteiger partial charge in [0.05, 0.1) is 17.3 Å². The molecule has 1 aliphatic heterocycles. The number of rotatable bonds is 4. The van der Waals surface area contributed by atoms with Gasteiger partial charge in [0.2, 0.25) is 5.91 Å². The van der Waals surface area contributed by atoms with Crippen molar-refractivity contribution < 1.29 is 9.59 Å². The van der Waals surface area contributed by atoms with E-state index in [1.807, 2.05) is 0 Å². The second kappa shape index (κ2) is 6.48. The summed E-state index contributed by atoms with van der Waals surface area (Å²) in [5.41, 5.74) is 6.44. The predicted octanol–water partition coefficient (Wildman–Crippen LogP) is 1.33. The average molecular weight is 344 g/mol. The Morgan fingerprint density at radius 1 is 1.42 bits per heavy atom. The summed E-state index contributed by atoms with van der Waals surface area (Å²) in [5.74, 6) is -0.283. The van der Waals surface area contributed by atoms with Crippen LogP contribution >= 0.6 is 11.8 Å². The number of para-hydroxylation sites is 1. The van der Waals surface area contributed by atoms with Crippen molar-refractivity contribution in [1.29, 1.82) is 0 Å². The van der Waals surface area contributed by atoms with Crippen LogP contribution in [0.15, 0.2) is 40.3 Å². The molecule has 1 aromatic heterocycles. The van der Waals surface area contributed by atoms with E-state index in [2.05, 4.69) is 10.3 Å². The zero-order chi connectivity index (χ0) is 17.3. The number of amides is 2. The maximum Gasteiger partial charge on any atom is 0.254 e. The summed E-state index contributed by atoms with van der Waals surface area (Å²) < 4.78 is 1.55. The van der Waals surface area contributed by atoms with Crippen molar-refractivity contribution >= 4 is 29.3 Å². The standard InChI is InChI=1S/C16H16N4O3S/c1-9-6-14(22)20-10(8-24-16(20)18-9)7-13(21)19-12-5-3-2-4-11(12)15(17)23/h2-6,10H,7-8H2,1H3,(H2,17,23)(H,19,21). The molecule has 8 heteroatoms. The second-order valence-corrected chi connectivity index (χ2v) is 6.50. The minimum Gasteiger partial charge on any atom is -0.366 e. The molecule has 1 aromatic carbocycles. The van der Waals surface area contributed by atoms with Gasteiger partial charge < -0.3 is 11.1 Å². The molecule has 0 saturated heterocycles. The quantitative estimate of drug-likeness (QED) is 0.814. The number of carbonyl (C=O) groups is 2. The molecule has 0 saturated carbocycles. The first kappa shape index (κ1) is 16.3. The number of primary amides is 1. The number of aryl methyl sites for hydroxylation is 1. The average Bonchev–Trinajstić information content (AvgIpc) is 2.90. The van der Waals surface area contributed by atoms with Crippen LogP contribution in [-0.2, 0) is 4.79 Å². The predicted molar refractivity (Wildman–Crippen MR) is 91.2 cm³/mol. The molecule has 2 heterocycles. The van der Waals surface area contributed by atoms with Crippen molar-refractivity contribution in [3.05, 3.63) is 51.9 Å². The third kappa shape index (κ3) is 3.18. The topological polar surface area (TPSA) is 107 Å². The molecule has 3 rings (SSSR count). The van der Waals surface area contributed by atoms with Gasteiger partial charge in [-0.05, 0) is 19.1 Å². The number of benzene rings is 1. The van der Waals surface area contributed by atoms with Gasteiger partial charge >= 0.3 is 0 Å². The Kier molecular flexibility index (Phi) is 4.39. The first-order chi connectivity index (χ1) is 11.5. The molecule has 0 spiro atoms. The van der Waals surface area contributed by atoms with Gasteiger partial charge in [-0.25, -0.2) is 4.98 Å². The van der Waals surface area contributed by atoms with Crippen molar-refractivity contribution in [1.82, 2.24) is 9.55 Å². The lowest BCUT2D eigenvalue weighted by Crippen LogP contribution is -2.28. The normalized spacial score (nSPS) is 15.8. The zero-order valence-corrected chi connectivity index (χ0v) is 13.8. The number of carbonyl (C=O) groups excluding carboxylic acids is 2. The largest absolute Gasteiger partial charge is 0.366 e. The smallest absolute Gasteiger partial charge is 0.254 e. The molecule has 1 unspecified atom stereocenters. The molecule has 1 aliphatic rings. The van der Waals surface area contributed by atoms with Crippen molar-refractivity contribution in [3.63, 3.8) is 0 Å². The van der Waals surface area contributed by atoms with Gasteiger partial charge in [-0.3, -0.25) is 19.0 Å². The summed E-state index contributed by atoms with van der Waals surface area (Å²) in [4.78, 5) is 40.2. The first-order valence-corrected chi connectivity index (χ1v) is 8.36. The minimum absolute atomic E-state index is 0.123. The third-order valence-electron chi connectivity index (χ3n) is 3.71. The lowest BCUT2D eigenvalue weighted by molar-refractivity contribution is -0.116. The first-order valence-electron chi connectivity index (χ1n) is 7.37. The number of fused-ring (bicyclic) bond motifs is 1. The highest BCUT2D eigenvalue weighted by Crippen LogP contribution is 2.32. The summed E-state index contributed by atoms with van der Waals surface area (Å²) in [7, 11) is 0. The van der Waals surface area contributed by atoms with Crippen molar-refractivity contribution in [3.8, 4) is 0 Å². The highest BCUT2D eigenvalue weighted by Gasteiger charge is 2.27. The summed E-state index contributed by atoms with van der Waals surface area (Å²) in [5, 5.41) is 3.33. The molecule has 0 fully saturated rings. The van der Waals surface area contributed by atoms with Crippen LogP contribution in [0.25, 0.3) is 0 Å². The molecule has 2 amide bonds. The van der Waals surface area contributed by atoms with E-state index in [1.165, 1.54) is 17.8 Å². The van der Waals surface area contributed by atoms with Crippen LogP contribution in [0.4, 0.5) is 5.69 Å². The number of aromatic nitrogens is 2. The number of nitrogens with two attached hydrogens (primary N) is 1. The molecule has 3 N–H and O–H groups in total. The van der Waals surface area contributed by atoms with E-state index in [0.717, 1.165) is 0 Å². The number of nitrogens with zero attached hydrogens (tertiary/aromatic N) is 2. The molecule has 0 aliphatic carbocycles. The van der Waals surface area contributed by atoms with Gasteiger partial charge in [-0.1, -0.05) is 23.9 Å². The molecule has 24 heavy (non-hydrogen) atoms. The lowest BCUT2D eigenvalue weighted by atomic mass is 10.1. The summed E-state index contributed by atoms with van der Waals surface area (Å²) in [6.07, 6.45) is 0.123. The van der Waals surface area contributed by atoms with Gasteiger partial charge in [0.15, 0.2) is 5.16 Å². The maximum absolute atomic E-state index is 12.3. The van der Waals surface area contributed by atoms with Crippen molar-refractivity contribution in [2.45, 2.75) is 24.5 Å². The Hall–Kier alpha value is -2.61. The Balaban J connectivity index is 1.77. The highest BCUT2D eigenvalue weighted by atomic mass is 32.2. The van der Waals surface area contributed by atoms with E-state index in [4.69, 9.17) is 5.73 Å². The fraction of sp³-hybridized carbons (Fsp3) is 0.250. The fourth-order valence-corrected chi connectivity index (χ4v) is 3.83. The Labute approximate surface area is 142 Å². The van der Waals surface area contributed by atoms with E-state index in [-0.39, 0.29) is 29.5 Å². The van der Waals surface area contributed by atoms with Gasteiger partial charge in [0.1, 0.15) is 0 Å². The van der Waals surface area contributed by atoms with Crippen molar-refractivity contribution in [2.24, 2.45) is 5.73 Å². The van der Waals surface area contributed by atoms with E-state index in [1.54, 1.807) is 35.8 Å². The molecule has 7 nitrogen and oxygen atoms in total. The summed E-state index contributed by atoms with van der Waals surface area (Å²) in [6, 6.07) is 7.75. The number of nitrogens with one attached hydrogen (secondary N) is 1. The highest BCUT2D eigenvalue weighted by molar-refractivity contribution is 7.99. The number of hydrogen-bond acceptors (Lipinski definition) is 5. The van der Waals surface area contributed by atoms with Crippen LogP contribution in [0.5, 0.6) is 0 Å². The Morgan fingerprint density at radius 2 is 2.17 bits per heavy atom. The van der Waals surface area contributed by atoms with Gasteiger partial charge in [0.25, 0.3) is 11.5 Å². The van der Waals surface area contributed by atoms with Crippen LogP contribution in [0.3, 0.4) is 0 Å². The number of hydrogen-bond donors (Lipinski definition) is 2. The minimum atomic E-state index is -0.608. The van der Waals surface area contributed by atoms with E-state index < -0.39 is 5.91 Å². The van der Waals surface area contributed by atoms with Crippen LogP contribution in [0.2, 0.25) is 0 Å². The summed E-state index contributed by atoms with van der Waals surface area (Å²) >= 11 is 1.46. The SMILES string of the molecule is Cc1cc(=O)n2c(n1)SCC2CC(=O)Nc1ccccc1C(N)=O. The summed E-state index contributed by atoms with van der Waals surface area (Å²) in [6.45, 7) is 1.77. The molecular formula is C16H16N4O3S. The molecular weight excluding hydrogens is 328 g/mol. The van der Waals surface area contributed by atoms with Crippen molar-refractivity contribution in [2.75, 3.05) is 11.1 Å². The van der Waals surface area contributed by atoms with E-state index in [9.17, 15) is 14.4 Å². The van der Waals surface area contributed by atoms with Gasteiger partial charge in [0, 0.05) is 23.9 Å². The third-order valence-corrected chi connectivity index (χ3v) is 4.80. The monoisotopic (exact) mass is 344 g/mol. The van der Waals surface area contributed by atoms with Crippen LogP contribution in [0.1, 0.15) is 28.5 Å².